The van der Waals surface area contributed by atoms with Crippen molar-refractivity contribution in [2.45, 2.75) is 27.2 Å². The minimum absolute atomic E-state index is 0.544. The molecule has 0 aliphatic carbocycles. The average Bonchev–Trinajstić information content (AvgIpc) is 2.08. The Morgan fingerprint density at radius 2 is 2.00 bits per heavy atom. The molecule has 0 aliphatic rings. The third kappa shape index (κ3) is 12.4. The second-order valence-corrected chi connectivity index (χ2v) is 2.02. The molecule has 0 N–H and O–H groups in total. The predicted octanol–water partition coefficient (Wildman–Crippen LogP) is 3.44. The van der Waals surface area contributed by atoms with E-state index in [0.717, 1.165) is 6.42 Å². The average molecular weight is 153 g/mol. The lowest BCUT2D eigenvalue weighted by Gasteiger charge is -1.96. The Labute approximate surface area is 70.5 Å². The molecule has 64 valence electrons. The second kappa shape index (κ2) is 11.9. The molecule has 1 unspecified atom stereocenters. The van der Waals surface area contributed by atoms with Gasteiger partial charge in [-0.25, -0.2) is 0 Å². The van der Waals surface area contributed by atoms with Crippen LogP contribution in [0.25, 0.3) is 0 Å². The van der Waals surface area contributed by atoms with Gasteiger partial charge in [0.05, 0.1) is 0 Å². The van der Waals surface area contributed by atoms with Gasteiger partial charge in [0.25, 0.3) is 0 Å². The zero-order chi connectivity index (χ0) is 9.11. The number of allylic oxidation sites excluding steroid dienone is 2. The van der Waals surface area contributed by atoms with Crippen LogP contribution in [0.4, 0.5) is 0 Å². The molecule has 0 aromatic rings. The zero-order valence-electron chi connectivity index (χ0n) is 7.88. The Kier molecular flexibility index (Phi) is 13.8. The first-order valence-electron chi connectivity index (χ1n) is 4.04. The first kappa shape index (κ1) is 12.8. The van der Waals surface area contributed by atoms with Crippen LogP contribution in [0.1, 0.15) is 27.2 Å². The molecule has 0 saturated heterocycles. The maximum Gasteiger partial charge on any atom is 0.0220 e. The van der Waals surface area contributed by atoms with Crippen molar-refractivity contribution in [2.24, 2.45) is 10.9 Å². The highest BCUT2D eigenvalue weighted by Gasteiger charge is 1.88. The molecule has 0 spiro atoms. The van der Waals surface area contributed by atoms with Crippen molar-refractivity contribution in [1.82, 2.24) is 0 Å². The molecule has 0 heterocycles. The largest absolute Gasteiger partial charge is 0.273 e. The Balaban J connectivity index is 0. The Bertz CT molecular complexity index is 114. The van der Waals surface area contributed by atoms with Gasteiger partial charge in [-0.3, -0.25) is 4.99 Å². The lowest BCUT2D eigenvalue weighted by Crippen LogP contribution is -1.82. The first-order valence-corrected chi connectivity index (χ1v) is 4.04. The monoisotopic (exact) mass is 153 g/mol. The molecule has 1 heteroatoms. The molecule has 0 saturated carbocycles. The van der Waals surface area contributed by atoms with Crippen LogP contribution in [-0.2, 0) is 0 Å². The molecule has 11 heavy (non-hydrogen) atoms. The van der Waals surface area contributed by atoms with Crippen LogP contribution < -0.4 is 0 Å². The van der Waals surface area contributed by atoms with E-state index in [-0.39, 0.29) is 0 Å². The number of rotatable bonds is 4. The van der Waals surface area contributed by atoms with Gasteiger partial charge < -0.3 is 0 Å². The van der Waals surface area contributed by atoms with E-state index in [1.807, 2.05) is 26.0 Å². The molecule has 0 amide bonds. The predicted molar refractivity (Wildman–Crippen MR) is 54.0 cm³/mol. The SMILES string of the molecule is C=CC(C)C/C=C\N=C.CC. The van der Waals surface area contributed by atoms with Crippen molar-refractivity contribution >= 4 is 6.72 Å². The van der Waals surface area contributed by atoms with Gasteiger partial charge in [-0.2, -0.15) is 0 Å². The lowest BCUT2D eigenvalue weighted by molar-refractivity contribution is 0.746. The lowest BCUT2D eigenvalue weighted by atomic mass is 10.1. The third-order valence-corrected chi connectivity index (χ3v) is 1.12. The maximum absolute atomic E-state index is 3.66. The van der Waals surface area contributed by atoms with Gasteiger partial charge in [0, 0.05) is 6.20 Å². The van der Waals surface area contributed by atoms with E-state index in [0.29, 0.717) is 5.92 Å². The van der Waals surface area contributed by atoms with Crippen LogP contribution in [0.3, 0.4) is 0 Å². The molecule has 0 aromatic carbocycles. The van der Waals surface area contributed by atoms with Crippen molar-refractivity contribution in [2.75, 3.05) is 0 Å². The summed E-state index contributed by atoms with van der Waals surface area (Å²) in [6.45, 7) is 13.1. The molecule has 0 radical (unpaired) electrons. The summed E-state index contributed by atoms with van der Waals surface area (Å²) in [4.78, 5) is 3.58. The molecule has 0 rings (SSSR count). The van der Waals surface area contributed by atoms with Crippen LogP contribution in [0.2, 0.25) is 0 Å². The molecule has 1 nitrogen and oxygen atoms in total. The van der Waals surface area contributed by atoms with Gasteiger partial charge in [-0.05, 0) is 19.1 Å². The maximum atomic E-state index is 3.66. The zero-order valence-corrected chi connectivity index (χ0v) is 7.88. The highest BCUT2D eigenvalue weighted by atomic mass is 14.6. The molecular weight excluding hydrogens is 134 g/mol. The molecule has 0 aliphatic heterocycles. The van der Waals surface area contributed by atoms with E-state index in [1.54, 1.807) is 6.20 Å². The van der Waals surface area contributed by atoms with E-state index >= 15 is 0 Å². The molecule has 1 atom stereocenters. The van der Waals surface area contributed by atoms with Crippen LogP contribution in [0.5, 0.6) is 0 Å². The van der Waals surface area contributed by atoms with Gasteiger partial charge in [0.15, 0.2) is 0 Å². The van der Waals surface area contributed by atoms with Crippen LogP contribution in [-0.4, -0.2) is 6.72 Å². The summed E-state index contributed by atoms with van der Waals surface area (Å²) in [7, 11) is 0. The number of hydrogen-bond donors (Lipinski definition) is 0. The van der Waals surface area contributed by atoms with Gasteiger partial charge >= 0.3 is 0 Å². The van der Waals surface area contributed by atoms with Gasteiger partial charge in [-0.1, -0.05) is 32.9 Å². The second-order valence-electron chi connectivity index (χ2n) is 2.02. The van der Waals surface area contributed by atoms with Crippen molar-refractivity contribution in [3.8, 4) is 0 Å². The van der Waals surface area contributed by atoms with Gasteiger partial charge in [-0.15, -0.1) is 6.58 Å². The quantitative estimate of drug-likeness (QED) is 0.433. The van der Waals surface area contributed by atoms with E-state index in [4.69, 9.17) is 0 Å². The normalized spacial score (nSPS) is 11.5. The summed E-state index contributed by atoms with van der Waals surface area (Å²) in [5, 5.41) is 0. The first-order chi connectivity index (χ1) is 5.31. The van der Waals surface area contributed by atoms with Crippen molar-refractivity contribution in [1.29, 1.82) is 0 Å². The Morgan fingerprint density at radius 3 is 2.36 bits per heavy atom. The van der Waals surface area contributed by atoms with Gasteiger partial charge in [0.1, 0.15) is 0 Å². The molecule has 0 fully saturated rings. The summed E-state index contributed by atoms with van der Waals surface area (Å²) in [5.41, 5.74) is 0. The minimum Gasteiger partial charge on any atom is -0.273 e. The fraction of sp³-hybridized carbons (Fsp3) is 0.500. The summed E-state index contributed by atoms with van der Waals surface area (Å²) >= 11 is 0. The number of aliphatic imine (C=N–C) groups is 1. The van der Waals surface area contributed by atoms with E-state index in [9.17, 15) is 0 Å². The highest BCUT2D eigenvalue weighted by Crippen LogP contribution is 2.02. The fourth-order valence-corrected chi connectivity index (χ4v) is 0.446. The van der Waals surface area contributed by atoms with Crippen molar-refractivity contribution < 1.29 is 0 Å². The van der Waals surface area contributed by atoms with Crippen molar-refractivity contribution in [3.05, 3.63) is 24.9 Å². The van der Waals surface area contributed by atoms with Crippen LogP contribution in [0.15, 0.2) is 29.9 Å². The van der Waals surface area contributed by atoms with E-state index < -0.39 is 0 Å². The standard InChI is InChI=1S/C8H13N.C2H6/c1-4-8(2)6-5-7-9-3;1-2/h4-5,7-8H,1,3,6H2,2H3;1-2H3/b7-5-;. The highest BCUT2D eigenvalue weighted by molar-refractivity contribution is 5.25. The molecular formula is C10H19N. The third-order valence-electron chi connectivity index (χ3n) is 1.12. The van der Waals surface area contributed by atoms with E-state index in [2.05, 4.69) is 25.2 Å². The summed E-state index contributed by atoms with van der Waals surface area (Å²) < 4.78 is 0. The Hall–Kier alpha value is -0.850. The number of hydrogen-bond acceptors (Lipinski definition) is 1. The Morgan fingerprint density at radius 1 is 1.45 bits per heavy atom. The summed E-state index contributed by atoms with van der Waals surface area (Å²) in [6, 6.07) is 0. The number of nitrogens with zero attached hydrogens (tertiary/aromatic N) is 1. The van der Waals surface area contributed by atoms with E-state index in [1.165, 1.54) is 0 Å². The molecule has 0 bridgehead atoms. The van der Waals surface area contributed by atoms with Gasteiger partial charge in [0.2, 0.25) is 0 Å². The topological polar surface area (TPSA) is 12.4 Å². The van der Waals surface area contributed by atoms with Crippen LogP contribution >= 0.6 is 0 Å². The summed E-state index contributed by atoms with van der Waals surface area (Å²) in [5.74, 6) is 0.544. The van der Waals surface area contributed by atoms with Crippen LogP contribution in [0, 0.1) is 5.92 Å². The summed E-state index contributed by atoms with van der Waals surface area (Å²) in [6.07, 6.45) is 6.62. The minimum atomic E-state index is 0.544. The van der Waals surface area contributed by atoms with Crippen molar-refractivity contribution in [3.63, 3.8) is 0 Å². The smallest absolute Gasteiger partial charge is 0.0220 e. The molecule has 0 aromatic heterocycles. The fourth-order valence-electron chi connectivity index (χ4n) is 0.446.